The molecule has 2 aromatic heterocycles. The van der Waals surface area contributed by atoms with Crippen molar-refractivity contribution in [3.05, 3.63) is 78.1 Å². The highest BCUT2D eigenvalue weighted by atomic mass is 16.5. The molecule has 0 fully saturated rings. The fourth-order valence-corrected chi connectivity index (χ4v) is 3.84. The Hall–Kier alpha value is -3.27. The van der Waals surface area contributed by atoms with Crippen molar-refractivity contribution in [2.24, 2.45) is 0 Å². The van der Waals surface area contributed by atoms with Gasteiger partial charge in [-0.1, -0.05) is 51.0 Å². The number of rotatable bonds is 10. The molecule has 0 saturated heterocycles. The van der Waals surface area contributed by atoms with E-state index in [-0.39, 0.29) is 0 Å². The lowest BCUT2D eigenvalue weighted by Gasteiger charge is -2.13. The predicted octanol–water partition coefficient (Wildman–Crippen LogP) is 7.78. The van der Waals surface area contributed by atoms with Crippen LogP contribution in [0.25, 0.3) is 10.9 Å². The number of H-pyrrole nitrogens is 1. The van der Waals surface area contributed by atoms with Gasteiger partial charge in [0.25, 0.3) is 0 Å². The minimum Gasteiger partial charge on any atom is -0.439 e. The van der Waals surface area contributed by atoms with Crippen LogP contribution >= 0.6 is 0 Å². The first kappa shape index (κ1) is 21.0. The van der Waals surface area contributed by atoms with Crippen molar-refractivity contribution in [3.63, 3.8) is 0 Å². The number of anilines is 2. The lowest BCUT2D eigenvalue weighted by Crippen LogP contribution is -1.98. The standard InChI is InChI=1S/C27H31N3O/c1-3-5-10-20-14-15-22(16-21(20)11-6-4-2)30-26-19-28-25-18-29-27(17-24(25)26)31-23-12-8-7-9-13-23/h7-9,12-19,28,30H,3-6,10-11H2,1-2H3. The summed E-state index contributed by atoms with van der Waals surface area (Å²) in [5.41, 5.74) is 6.08. The van der Waals surface area contributed by atoms with Crippen molar-refractivity contribution in [2.75, 3.05) is 5.32 Å². The van der Waals surface area contributed by atoms with Gasteiger partial charge in [-0.25, -0.2) is 4.98 Å². The summed E-state index contributed by atoms with van der Waals surface area (Å²) in [5.74, 6) is 1.36. The number of unbranched alkanes of at least 4 members (excludes halogenated alkanes) is 2. The number of fused-ring (bicyclic) bond motifs is 1. The van der Waals surface area contributed by atoms with E-state index in [1.54, 1.807) is 0 Å². The molecular formula is C27H31N3O. The zero-order valence-corrected chi connectivity index (χ0v) is 18.4. The van der Waals surface area contributed by atoms with Crippen molar-refractivity contribution in [3.8, 4) is 11.6 Å². The lowest BCUT2D eigenvalue weighted by atomic mass is 9.97. The molecule has 0 radical (unpaired) electrons. The molecule has 2 N–H and O–H groups in total. The number of aryl methyl sites for hydroxylation is 2. The molecule has 0 unspecified atom stereocenters. The van der Waals surface area contributed by atoms with Crippen LogP contribution in [-0.4, -0.2) is 9.97 Å². The first-order chi connectivity index (χ1) is 15.3. The van der Waals surface area contributed by atoms with E-state index >= 15 is 0 Å². The molecule has 160 valence electrons. The van der Waals surface area contributed by atoms with Crippen LogP contribution < -0.4 is 10.1 Å². The largest absolute Gasteiger partial charge is 0.439 e. The van der Waals surface area contributed by atoms with Crippen LogP contribution in [0.3, 0.4) is 0 Å². The van der Waals surface area contributed by atoms with Gasteiger partial charge < -0.3 is 15.0 Å². The summed E-state index contributed by atoms with van der Waals surface area (Å²) in [6.07, 6.45) is 11.0. The van der Waals surface area contributed by atoms with E-state index in [1.165, 1.54) is 36.8 Å². The molecular weight excluding hydrogens is 382 g/mol. The molecule has 31 heavy (non-hydrogen) atoms. The number of hydrogen-bond donors (Lipinski definition) is 2. The Labute approximate surface area is 184 Å². The number of pyridine rings is 1. The predicted molar refractivity (Wildman–Crippen MR) is 130 cm³/mol. The Morgan fingerprint density at radius 3 is 2.45 bits per heavy atom. The number of aromatic nitrogens is 2. The van der Waals surface area contributed by atoms with Gasteiger partial charge in [-0.05, 0) is 61.1 Å². The normalized spacial score (nSPS) is 11.0. The molecule has 4 heteroatoms. The Morgan fingerprint density at radius 1 is 0.903 bits per heavy atom. The van der Waals surface area contributed by atoms with Gasteiger partial charge in [0, 0.05) is 23.3 Å². The Morgan fingerprint density at radius 2 is 1.68 bits per heavy atom. The monoisotopic (exact) mass is 413 g/mol. The smallest absolute Gasteiger partial charge is 0.219 e. The Kier molecular flexibility index (Phi) is 6.88. The maximum atomic E-state index is 5.92. The Balaban J connectivity index is 1.58. The SMILES string of the molecule is CCCCc1ccc(Nc2c[nH]c3cnc(Oc4ccccc4)cc23)cc1CCCC. The average molecular weight is 414 g/mol. The maximum absolute atomic E-state index is 5.92. The van der Waals surface area contributed by atoms with Crippen molar-refractivity contribution in [1.29, 1.82) is 0 Å². The van der Waals surface area contributed by atoms with Crippen LogP contribution in [0.4, 0.5) is 11.4 Å². The van der Waals surface area contributed by atoms with Gasteiger partial charge in [-0.15, -0.1) is 0 Å². The van der Waals surface area contributed by atoms with Gasteiger partial charge >= 0.3 is 0 Å². The van der Waals surface area contributed by atoms with Crippen molar-refractivity contribution >= 4 is 22.3 Å². The van der Waals surface area contributed by atoms with Crippen molar-refractivity contribution < 1.29 is 4.74 Å². The molecule has 0 spiro atoms. The van der Waals surface area contributed by atoms with Crippen LogP contribution in [0.1, 0.15) is 50.7 Å². The molecule has 0 saturated carbocycles. The van der Waals surface area contributed by atoms with Crippen LogP contribution in [-0.2, 0) is 12.8 Å². The summed E-state index contributed by atoms with van der Waals surface area (Å²) in [6.45, 7) is 4.51. The van der Waals surface area contributed by atoms with Crippen LogP contribution in [0.2, 0.25) is 0 Å². The summed E-state index contributed by atoms with van der Waals surface area (Å²) in [6, 6.07) is 18.5. The van der Waals surface area contributed by atoms with E-state index in [9.17, 15) is 0 Å². The molecule has 2 aromatic carbocycles. The number of hydrogen-bond acceptors (Lipinski definition) is 3. The molecule has 0 aliphatic heterocycles. The van der Waals surface area contributed by atoms with Gasteiger partial charge in [0.1, 0.15) is 5.75 Å². The molecule has 0 bridgehead atoms. The zero-order valence-electron chi connectivity index (χ0n) is 18.4. The van der Waals surface area contributed by atoms with E-state index in [4.69, 9.17) is 4.74 Å². The maximum Gasteiger partial charge on any atom is 0.219 e. The quantitative estimate of drug-likeness (QED) is 0.279. The average Bonchev–Trinajstić information content (AvgIpc) is 3.19. The highest BCUT2D eigenvalue weighted by Crippen LogP contribution is 2.31. The highest BCUT2D eigenvalue weighted by Gasteiger charge is 2.09. The van der Waals surface area contributed by atoms with Gasteiger partial charge in [0.15, 0.2) is 0 Å². The first-order valence-electron chi connectivity index (χ1n) is 11.4. The zero-order chi connectivity index (χ0) is 21.5. The van der Waals surface area contributed by atoms with Gasteiger partial charge in [-0.2, -0.15) is 0 Å². The summed E-state index contributed by atoms with van der Waals surface area (Å²) >= 11 is 0. The Bertz CT molecular complexity index is 1120. The number of para-hydroxylation sites is 1. The van der Waals surface area contributed by atoms with Crippen molar-refractivity contribution in [2.45, 2.75) is 52.4 Å². The third kappa shape index (κ3) is 5.26. The lowest BCUT2D eigenvalue weighted by molar-refractivity contribution is 0.464. The van der Waals surface area contributed by atoms with Crippen LogP contribution in [0.5, 0.6) is 11.6 Å². The topological polar surface area (TPSA) is 49.9 Å². The third-order valence-corrected chi connectivity index (χ3v) is 5.59. The molecule has 4 aromatic rings. The molecule has 0 aliphatic carbocycles. The summed E-state index contributed by atoms with van der Waals surface area (Å²) in [4.78, 5) is 7.74. The molecule has 4 nitrogen and oxygen atoms in total. The minimum atomic E-state index is 0.583. The molecule has 0 aliphatic rings. The van der Waals surface area contributed by atoms with E-state index in [1.807, 2.05) is 48.8 Å². The first-order valence-corrected chi connectivity index (χ1v) is 11.4. The van der Waals surface area contributed by atoms with E-state index in [2.05, 4.69) is 47.3 Å². The third-order valence-electron chi connectivity index (χ3n) is 5.59. The second-order valence-corrected chi connectivity index (χ2v) is 8.00. The van der Waals surface area contributed by atoms with E-state index < -0.39 is 0 Å². The van der Waals surface area contributed by atoms with E-state index in [0.717, 1.165) is 40.9 Å². The number of ether oxygens (including phenoxy) is 1. The minimum absolute atomic E-state index is 0.583. The number of aromatic amines is 1. The fraction of sp³-hybridized carbons (Fsp3) is 0.296. The van der Waals surface area contributed by atoms with Gasteiger partial charge in [0.2, 0.25) is 5.88 Å². The fourth-order valence-electron chi connectivity index (χ4n) is 3.84. The van der Waals surface area contributed by atoms with Crippen molar-refractivity contribution in [1.82, 2.24) is 9.97 Å². The summed E-state index contributed by atoms with van der Waals surface area (Å²) in [7, 11) is 0. The number of nitrogens with one attached hydrogen (secondary N) is 2. The number of benzene rings is 2. The molecule has 2 heterocycles. The van der Waals surface area contributed by atoms with Gasteiger partial charge in [-0.3, -0.25) is 0 Å². The van der Waals surface area contributed by atoms with Gasteiger partial charge in [0.05, 0.1) is 17.4 Å². The van der Waals surface area contributed by atoms with Crippen LogP contribution in [0.15, 0.2) is 67.0 Å². The molecule has 4 rings (SSSR count). The highest BCUT2D eigenvalue weighted by molar-refractivity contribution is 5.94. The molecule has 0 atom stereocenters. The second-order valence-electron chi connectivity index (χ2n) is 8.00. The second kappa shape index (κ2) is 10.2. The summed E-state index contributed by atoms with van der Waals surface area (Å²) in [5, 5.41) is 4.66. The van der Waals surface area contributed by atoms with E-state index in [0.29, 0.717) is 5.88 Å². The number of nitrogens with zero attached hydrogens (tertiary/aromatic N) is 1. The summed E-state index contributed by atoms with van der Waals surface area (Å²) < 4.78 is 5.92. The van der Waals surface area contributed by atoms with Crippen LogP contribution in [0, 0.1) is 0 Å². The molecule has 0 amide bonds.